The van der Waals surface area contributed by atoms with Gasteiger partial charge in [0.15, 0.2) is 0 Å². The monoisotopic (exact) mass is 347 g/mol. The highest BCUT2D eigenvalue weighted by Crippen LogP contribution is 2.37. The van der Waals surface area contributed by atoms with Crippen molar-refractivity contribution in [2.24, 2.45) is 0 Å². The molecule has 6 heteroatoms. The van der Waals surface area contributed by atoms with Gasteiger partial charge in [-0.3, -0.25) is 4.40 Å². The fraction of sp³-hybridized carbons (Fsp3) is 0.250. The molecule has 26 heavy (non-hydrogen) atoms. The molecule has 0 N–H and O–H groups in total. The van der Waals surface area contributed by atoms with Crippen molar-refractivity contribution >= 4 is 28.2 Å². The third-order valence-corrected chi connectivity index (χ3v) is 5.19. The van der Waals surface area contributed by atoms with Crippen LogP contribution in [0.15, 0.2) is 42.7 Å². The maximum atomic E-state index is 14.1. The van der Waals surface area contributed by atoms with Crippen molar-refractivity contribution in [2.45, 2.75) is 26.2 Å². The Morgan fingerprint density at radius 3 is 2.96 bits per heavy atom. The van der Waals surface area contributed by atoms with Crippen molar-refractivity contribution in [3.63, 3.8) is 0 Å². The third kappa shape index (κ3) is 2.25. The van der Waals surface area contributed by atoms with E-state index in [1.54, 1.807) is 22.9 Å². The molecule has 3 heterocycles. The maximum Gasteiger partial charge on any atom is 0.257 e. The average molecular weight is 347 g/mol. The van der Waals surface area contributed by atoms with Crippen LogP contribution >= 0.6 is 0 Å². The Bertz CT molecular complexity index is 1130. The molecular formula is C20H18FN5. The van der Waals surface area contributed by atoms with Gasteiger partial charge in [-0.25, -0.2) is 4.39 Å². The van der Waals surface area contributed by atoms with Crippen molar-refractivity contribution in [1.29, 1.82) is 0 Å². The Morgan fingerprint density at radius 1 is 1.12 bits per heavy atom. The van der Waals surface area contributed by atoms with Crippen LogP contribution in [0.1, 0.15) is 24.0 Å². The van der Waals surface area contributed by atoms with Crippen LogP contribution in [-0.4, -0.2) is 26.1 Å². The predicted octanol–water partition coefficient (Wildman–Crippen LogP) is 4.20. The minimum atomic E-state index is -0.271. The minimum Gasteiger partial charge on any atom is -0.325 e. The Hall–Kier alpha value is -3.02. The molecule has 5 nitrogen and oxygen atoms in total. The first-order valence-corrected chi connectivity index (χ1v) is 8.87. The summed E-state index contributed by atoms with van der Waals surface area (Å²) >= 11 is 0. The first kappa shape index (κ1) is 15.3. The van der Waals surface area contributed by atoms with E-state index in [0.29, 0.717) is 5.78 Å². The van der Waals surface area contributed by atoms with E-state index in [2.05, 4.69) is 40.2 Å². The Labute approximate surface area is 150 Å². The average Bonchev–Trinajstić information content (AvgIpc) is 3.00. The normalized spacial score (nSPS) is 14.6. The van der Waals surface area contributed by atoms with Gasteiger partial charge in [0.05, 0.1) is 5.52 Å². The van der Waals surface area contributed by atoms with E-state index in [9.17, 15) is 4.39 Å². The Balaban J connectivity index is 1.83. The molecule has 0 radical (unpaired) electrons. The second-order valence-electron chi connectivity index (χ2n) is 6.78. The molecule has 0 aliphatic carbocycles. The minimum absolute atomic E-state index is 0.271. The van der Waals surface area contributed by atoms with Crippen molar-refractivity contribution in [2.75, 3.05) is 11.4 Å². The zero-order valence-electron chi connectivity index (χ0n) is 14.5. The number of halogens is 1. The molecule has 0 bridgehead atoms. The maximum absolute atomic E-state index is 14.1. The Morgan fingerprint density at radius 2 is 2.04 bits per heavy atom. The summed E-state index contributed by atoms with van der Waals surface area (Å²) < 4.78 is 15.9. The summed E-state index contributed by atoms with van der Waals surface area (Å²) in [5.41, 5.74) is 4.64. The molecule has 130 valence electrons. The molecule has 0 unspecified atom stereocenters. The lowest BCUT2D eigenvalue weighted by atomic mass is 10.0. The molecule has 0 saturated carbocycles. The lowest BCUT2D eigenvalue weighted by Crippen LogP contribution is -2.20. The second kappa shape index (κ2) is 5.76. The molecule has 5 rings (SSSR count). The number of nitrogens with zero attached hydrogens (tertiary/aromatic N) is 5. The first-order chi connectivity index (χ1) is 12.7. The Kier molecular flexibility index (Phi) is 3.38. The summed E-state index contributed by atoms with van der Waals surface area (Å²) in [6.45, 7) is 2.99. The van der Waals surface area contributed by atoms with Gasteiger partial charge in [-0.1, -0.05) is 12.1 Å². The van der Waals surface area contributed by atoms with Gasteiger partial charge in [-0.05, 0) is 61.6 Å². The number of benzene rings is 2. The van der Waals surface area contributed by atoms with Gasteiger partial charge in [-0.2, -0.15) is 4.98 Å². The van der Waals surface area contributed by atoms with Gasteiger partial charge in [0, 0.05) is 17.6 Å². The highest BCUT2D eigenvalue weighted by atomic mass is 19.1. The fourth-order valence-corrected chi connectivity index (χ4v) is 3.91. The standard InChI is InChI=1S/C20H18FN5/c1-13-5-4-7-17-15(13)6-2-3-10-25(17)19-16-11-14(21)8-9-18(16)26-12-22-24-20(26)23-19/h4-5,7-9,11-12H,2-3,6,10H2,1H3. The highest BCUT2D eigenvalue weighted by molar-refractivity contribution is 5.94. The van der Waals surface area contributed by atoms with Crippen molar-refractivity contribution in [3.05, 3.63) is 59.7 Å². The topological polar surface area (TPSA) is 46.3 Å². The predicted molar refractivity (Wildman–Crippen MR) is 99.4 cm³/mol. The molecule has 2 aromatic carbocycles. The largest absolute Gasteiger partial charge is 0.325 e. The summed E-state index contributed by atoms with van der Waals surface area (Å²) in [4.78, 5) is 6.96. The molecule has 0 saturated heterocycles. The number of hydrogen-bond acceptors (Lipinski definition) is 4. The van der Waals surface area contributed by atoms with Crippen LogP contribution in [-0.2, 0) is 6.42 Å². The van der Waals surface area contributed by atoms with Gasteiger partial charge >= 0.3 is 0 Å². The first-order valence-electron chi connectivity index (χ1n) is 8.87. The van der Waals surface area contributed by atoms with E-state index >= 15 is 0 Å². The van der Waals surface area contributed by atoms with Gasteiger partial charge in [0.25, 0.3) is 5.78 Å². The SMILES string of the molecule is Cc1cccc2c1CCCCN2c1nc2nncn2c2ccc(F)cc12. The van der Waals surface area contributed by atoms with Gasteiger partial charge in [0.2, 0.25) is 0 Å². The molecule has 0 atom stereocenters. The number of fused-ring (bicyclic) bond motifs is 4. The van der Waals surface area contributed by atoms with E-state index in [4.69, 9.17) is 4.98 Å². The second-order valence-corrected chi connectivity index (χ2v) is 6.78. The van der Waals surface area contributed by atoms with Crippen LogP contribution < -0.4 is 4.90 Å². The van der Waals surface area contributed by atoms with Crippen LogP contribution in [0.3, 0.4) is 0 Å². The van der Waals surface area contributed by atoms with E-state index < -0.39 is 0 Å². The molecule has 1 aliphatic rings. The van der Waals surface area contributed by atoms with Crippen molar-refractivity contribution in [3.8, 4) is 0 Å². The van der Waals surface area contributed by atoms with Crippen LogP contribution in [0, 0.1) is 12.7 Å². The van der Waals surface area contributed by atoms with Crippen molar-refractivity contribution in [1.82, 2.24) is 19.6 Å². The van der Waals surface area contributed by atoms with Crippen LogP contribution in [0.25, 0.3) is 16.7 Å². The molecule has 0 fully saturated rings. The van der Waals surface area contributed by atoms with E-state index in [0.717, 1.165) is 48.2 Å². The summed E-state index contributed by atoms with van der Waals surface area (Å²) in [7, 11) is 0. The molecule has 4 aromatic rings. The van der Waals surface area contributed by atoms with Crippen LogP contribution in [0.4, 0.5) is 15.9 Å². The summed E-state index contributed by atoms with van der Waals surface area (Å²) in [6.07, 6.45) is 4.86. The fourth-order valence-electron chi connectivity index (χ4n) is 3.91. The van der Waals surface area contributed by atoms with Crippen LogP contribution in [0.2, 0.25) is 0 Å². The highest BCUT2D eigenvalue weighted by Gasteiger charge is 2.22. The molecule has 0 spiro atoms. The van der Waals surface area contributed by atoms with Gasteiger partial charge < -0.3 is 4.90 Å². The zero-order valence-corrected chi connectivity index (χ0v) is 14.5. The number of hydrogen-bond donors (Lipinski definition) is 0. The number of rotatable bonds is 1. The number of aryl methyl sites for hydroxylation is 1. The number of aromatic nitrogens is 4. The zero-order chi connectivity index (χ0) is 17.7. The summed E-state index contributed by atoms with van der Waals surface area (Å²) in [5.74, 6) is 0.999. The molecule has 1 aliphatic heterocycles. The smallest absolute Gasteiger partial charge is 0.257 e. The quantitative estimate of drug-likeness (QED) is 0.518. The molecule has 2 aromatic heterocycles. The van der Waals surface area contributed by atoms with E-state index in [1.165, 1.54) is 17.2 Å². The van der Waals surface area contributed by atoms with E-state index in [1.807, 2.05) is 0 Å². The van der Waals surface area contributed by atoms with Gasteiger partial charge in [0.1, 0.15) is 18.0 Å². The summed E-state index contributed by atoms with van der Waals surface area (Å²) in [6, 6.07) is 11.1. The molecular weight excluding hydrogens is 329 g/mol. The molecule has 0 amide bonds. The number of anilines is 2. The third-order valence-electron chi connectivity index (χ3n) is 5.19. The van der Waals surface area contributed by atoms with E-state index in [-0.39, 0.29) is 5.82 Å². The lowest BCUT2D eigenvalue weighted by molar-refractivity contribution is 0.629. The lowest BCUT2D eigenvalue weighted by Gasteiger charge is -2.26. The summed E-state index contributed by atoms with van der Waals surface area (Å²) in [5, 5.41) is 8.87. The van der Waals surface area contributed by atoms with Crippen molar-refractivity contribution < 1.29 is 4.39 Å². The van der Waals surface area contributed by atoms with Gasteiger partial charge in [-0.15, -0.1) is 10.2 Å². The van der Waals surface area contributed by atoms with Crippen LogP contribution in [0.5, 0.6) is 0 Å².